The van der Waals surface area contributed by atoms with E-state index in [4.69, 9.17) is 0 Å². The van der Waals surface area contributed by atoms with Gasteiger partial charge >= 0.3 is 0 Å². The molecule has 0 aromatic heterocycles. The average Bonchev–Trinajstić information content (AvgIpc) is 3.18. The van der Waals surface area contributed by atoms with Crippen LogP contribution in [0, 0.1) is 5.82 Å². The second-order valence-corrected chi connectivity index (χ2v) is 7.57. The molecule has 0 saturated heterocycles. The normalized spacial score (nSPS) is 15.0. The van der Waals surface area contributed by atoms with Crippen molar-refractivity contribution in [3.05, 3.63) is 28.5 Å². The Morgan fingerprint density at radius 2 is 2.10 bits per heavy atom. The fraction of sp³-hybridized carbons (Fsp3) is 0.462. The van der Waals surface area contributed by atoms with E-state index in [1.807, 2.05) is 0 Å². The van der Waals surface area contributed by atoms with Crippen LogP contribution in [0.5, 0.6) is 0 Å². The summed E-state index contributed by atoms with van der Waals surface area (Å²) in [6, 6.07) is 4.05. The van der Waals surface area contributed by atoms with Gasteiger partial charge in [0, 0.05) is 23.5 Å². The smallest absolute Gasteiger partial charge is 0.243 e. The van der Waals surface area contributed by atoms with Gasteiger partial charge in [0.05, 0.1) is 0 Å². The molecule has 116 valence electrons. The van der Waals surface area contributed by atoms with Gasteiger partial charge in [-0.15, -0.1) is 0 Å². The molecular formula is C13H16BrFN2O3S. The van der Waals surface area contributed by atoms with Crippen LogP contribution in [-0.4, -0.2) is 26.9 Å². The SMILES string of the molecule is O=C(CCCNS(=O)(=O)c1ccc(Br)cc1F)NC1CC1. The number of sulfonamides is 1. The van der Waals surface area contributed by atoms with Crippen LogP contribution in [-0.2, 0) is 14.8 Å². The quantitative estimate of drug-likeness (QED) is 0.711. The maximum Gasteiger partial charge on any atom is 0.243 e. The lowest BCUT2D eigenvalue weighted by molar-refractivity contribution is -0.121. The molecule has 0 heterocycles. The van der Waals surface area contributed by atoms with Crippen molar-refractivity contribution in [2.45, 2.75) is 36.6 Å². The van der Waals surface area contributed by atoms with E-state index in [9.17, 15) is 17.6 Å². The van der Waals surface area contributed by atoms with Crippen molar-refractivity contribution in [1.82, 2.24) is 10.0 Å². The highest BCUT2D eigenvalue weighted by atomic mass is 79.9. The number of amides is 1. The van der Waals surface area contributed by atoms with Gasteiger partial charge in [0.15, 0.2) is 0 Å². The lowest BCUT2D eigenvalue weighted by atomic mass is 10.3. The van der Waals surface area contributed by atoms with Gasteiger partial charge in [-0.2, -0.15) is 0 Å². The first-order chi connectivity index (χ1) is 9.88. The standard InChI is InChI=1S/C13H16BrFN2O3S/c14-9-3-6-12(11(15)8-9)21(19,20)16-7-1-2-13(18)17-10-4-5-10/h3,6,8,10,16H,1-2,4-5,7H2,(H,17,18). The predicted octanol–water partition coefficient (Wildman–Crippen LogP) is 1.93. The summed E-state index contributed by atoms with van der Waals surface area (Å²) < 4.78 is 40.2. The number of halogens is 2. The number of rotatable bonds is 7. The Labute approximate surface area is 131 Å². The van der Waals surface area contributed by atoms with Gasteiger partial charge in [-0.25, -0.2) is 17.5 Å². The fourth-order valence-corrected chi connectivity index (χ4v) is 3.22. The molecule has 1 fully saturated rings. The van der Waals surface area contributed by atoms with Crippen LogP contribution in [0.1, 0.15) is 25.7 Å². The van der Waals surface area contributed by atoms with Crippen molar-refractivity contribution >= 4 is 31.9 Å². The summed E-state index contributed by atoms with van der Waals surface area (Å²) in [7, 11) is -3.89. The van der Waals surface area contributed by atoms with Crippen LogP contribution in [0.25, 0.3) is 0 Å². The minimum atomic E-state index is -3.89. The van der Waals surface area contributed by atoms with Crippen molar-refractivity contribution in [3.8, 4) is 0 Å². The molecule has 1 aliphatic carbocycles. The minimum absolute atomic E-state index is 0.0773. The lowest BCUT2D eigenvalue weighted by Gasteiger charge is -2.08. The summed E-state index contributed by atoms with van der Waals surface area (Å²) in [5, 5.41) is 2.82. The Morgan fingerprint density at radius 3 is 2.71 bits per heavy atom. The number of nitrogens with one attached hydrogen (secondary N) is 2. The number of hydrogen-bond acceptors (Lipinski definition) is 3. The average molecular weight is 379 g/mol. The number of benzene rings is 1. The summed E-state index contributed by atoms with van der Waals surface area (Å²) in [6.07, 6.45) is 2.65. The molecule has 0 bridgehead atoms. The number of hydrogen-bond donors (Lipinski definition) is 2. The molecule has 0 aliphatic heterocycles. The Hall–Kier alpha value is -0.990. The third kappa shape index (κ3) is 5.05. The molecule has 8 heteroatoms. The molecule has 1 saturated carbocycles. The summed E-state index contributed by atoms with van der Waals surface area (Å²) >= 11 is 3.07. The van der Waals surface area contributed by atoms with Crippen LogP contribution < -0.4 is 10.0 Å². The van der Waals surface area contributed by atoms with Crippen molar-refractivity contribution in [1.29, 1.82) is 0 Å². The van der Waals surface area contributed by atoms with Gasteiger partial charge < -0.3 is 5.32 Å². The number of carbonyl (C=O) groups is 1. The molecule has 1 aromatic rings. The molecule has 0 unspecified atom stereocenters. The van der Waals surface area contributed by atoms with E-state index in [2.05, 4.69) is 26.0 Å². The third-order valence-corrected chi connectivity index (χ3v) is 4.99. The molecule has 0 atom stereocenters. The van der Waals surface area contributed by atoms with E-state index in [1.54, 1.807) is 0 Å². The topological polar surface area (TPSA) is 75.3 Å². The molecule has 0 radical (unpaired) electrons. The molecule has 1 aliphatic rings. The maximum absolute atomic E-state index is 13.6. The van der Waals surface area contributed by atoms with Gasteiger partial charge in [0.2, 0.25) is 15.9 Å². The van der Waals surface area contributed by atoms with Gasteiger partial charge in [-0.1, -0.05) is 15.9 Å². The summed E-state index contributed by atoms with van der Waals surface area (Å²) in [6.45, 7) is 0.0932. The molecule has 5 nitrogen and oxygen atoms in total. The van der Waals surface area contributed by atoms with Crippen molar-refractivity contribution in [3.63, 3.8) is 0 Å². The minimum Gasteiger partial charge on any atom is -0.353 e. The van der Waals surface area contributed by atoms with Gasteiger partial charge in [-0.05, 0) is 37.5 Å². The van der Waals surface area contributed by atoms with E-state index >= 15 is 0 Å². The zero-order valence-electron chi connectivity index (χ0n) is 11.2. The first-order valence-electron chi connectivity index (χ1n) is 6.62. The predicted molar refractivity (Wildman–Crippen MR) is 79.7 cm³/mol. The molecule has 0 spiro atoms. The van der Waals surface area contributed by atoms with Crippen LogP contribution in [0.15, 0.2) is 27.6 Å². The highest BCUT2D eigenvalue weighted by Crippen LogP contribution is 2.20. The van der Waals surface area contributed by atoms with Crippen molar-refractivity contribution in [2.75, 3.05) is 6.54 Å². The summed E-state index contributed by atoms with van der Waals surface area (Å²) in [4.78, 5) is 11.0. The summed E-state index contributed by atoms with van der Waals surface area (Å²) in [5.41, 5.74) is 0. The first-order valence-corrected chi connectivity index (χ1v) is 8.90. The Kier molecular flexibility index (Phi) is 5.34. The lowest BCUT2D eigenvalue weighted by Crippen LogP contribution is -2.29. The molecular weight excluding hydrogens is 363 g/mol. The highest BCUT2D eigenvalue weighted by Gasteiger charge is 2.23. The Bertz CT molecular complexity index is 632. The maximum atomic E-state index is 13.6. The zero-order valence-corrected chi connectivity index (χ0v) is 13.6. The van der Waals surface area contributed by atoms with E-state index < -0.39 is 20.7 Å². The molecule has 2 N–H and O–H groups in total. The molecule has 2 rings (SSSR count). The van der Waals surface area contributed by atoms with Crippen LogP contribution in [0.4, 0.5) is 4.39 Å². The second kappa shape index (κ2) is 6.85. The van der Waals surface area contributed by atoms with Gasteiger partial charge in [0.1, 0.15) is 10.7 Å². The zero-order chi connectivity index (χ0) is 15.5. The van der Waals surface area contributed by atoms with Crippen molar-refractivity contribution in [2.24, 2.45) is 0 Å². The third-order valence-electron chi connectivity index (χ3n) is 3.00. The molecule has 1 amide bonds. The van der Waals surface area contributed by atoms with E-state index in [0.29, 0.717) is 16.9 Å². The highest BCUT2D eigenvalue weighted by molar-refractivity contribution is 9.10. The van der Waals surface area contributed by atoms with Gasteiger partial charge in [-0.3, -0.25) is 4.79 Å². The second-order valence-electron chi connectivity index (χ2n) is 4.92. The Morgan fingerprint density at radius 1 is 1.38 bits per heavy atom. The first kappa shape index (κ1) is 16.4. The number of carbonyl (C=O) groups excluding carboxylic acids is 1. The van der Waals surface area contributed by atoms with E-state index in [-0.39, 0.29) is 18.9 Å². The van der Waals surface area contributed by atoms with Crippen LogP contribution in [0.3, 0.4) is 0 Å². The largest absolute Gasteiger partial charge is 0.353 e. The monoisotopic (exact) mass is 378 g/mol. The molecule has 1 aromatic carbocycles. The van der Waals surface area contributed by atoms with Crippen LogP contribution >= 0.6 is 15.9 Å². The summed E-state index contributed by atoms with van der Waals surface area (Å²) in [5.74, 6) is -0.894. The fourth-order valence-electron chi connectivity index (χ4n) is 1.75. The van der Waals surface area contributed by atoms with E-state index in [0.717, 1.165) is 18.9 Å². The Balaban J connectivity index is 1.81. The van der Waals surface area contributed by atoms with Crippen molar-refractivity contribution < 1.29 is 17.6 Å². The molecule has 21 heavy (non-hydrogen) atoms. The van der Waals surface area contributed by atoms with Crippen LogP contribution in [0.2, 0.25) is 0 Å². The van der Waals surface area contributed by atoms with Gasteiger partial charge in [0.25, 0.3) is 0 Å². The van der Waals surface area contributed by atoms with E-state index in [1.165, 1.54) is 12.1 Å².